The second-order valence-electron chi connectivity index (χ2n) is 5.00. The molecule has 0 aliphatic heterocycles. The molecular formula is C15H19ClN4O3S. The minimum Gasteiger partial charge on any atom is -0.495 e. The van der Waals surface area contributed by atoms with Crippen molar-refractivity contribution in [3.8, 4) is 5.75 Å². The van der Waals surface area contributed by atoms with Gasteiger partial charge in [0, 0.05) is 12.2 Å². The van der Waals surface area contributed by atoms with Crippen LogP contribution in [0.25, 0.3) is 0 Å². The summed E-state index contributed by atoms with van der Waals surface area (Å²) >= 11 is 7.23. The lowest BCUT2D eigenvalue weighted by Gasteiger charge is -2.08. The minimum atomic E-state index is -0.256. The third kappa shape index (κ3) is 4.78. The number of ether oxygens (including phenoxy) is 1. The predicted molar refractivity (Wildman–Crippen MR) is 95.1 cm³/mol. The molecule has 24 heavy (non-hydrogen) atoms. The number of aromatic nitrogens is 3. The molecule has 0 saturated heterocycles. The van der Waals surface area contributed by atoms with E-state index in [9.17, 15) is 9.59 Å². The molecule has 7 nitrogen and oxygen atoms in total. The first-order chi connectivity index (χ1) is 11.5. The Kier molecular flexibility index (Phi) is 6.74. The average Bonchev–Trinajstić information content (AvgIpc) is 2.91. The number of carbonyl (C=O) groups is 1. The Hall–Kier alpha value is -1.93. The molecule has 0 spiro atoms. The van der Waals surface area contributed by atoms with E-state index in [0.717, 1.165) is 12.8 Å². The molecule has 0 unspecified atom stereocenters. The van der Waals surface area contributed by atoms with E-state index in [1.165, 1.54) is 18.9 Å². The van der Waals surface area contributed by atoms with Gasteiger partial charge in [0.1, 0.15) is 5.75 Å². The summed E-state index contributed by atoms with van der Waals surface area (Å²) in [6, 6.07) is 5.01. The van der Waals surface area contributed by atoms with Crippen LogP contribution in [-0.4, -0.2) is 33.5 Å². The number of benzene rings is 1. The number of unbranched alkanes of at least 4 members (excludes halogenated alkanes) is 1. The van der Waals surface area contributed by atoms with Crippen LogP contribution in [0.3, 0.4) is 0 Å². The van der Waals surface area contributed by atoms with Crippen molar-refractivity contribution < 1.29 is 9.53 Å². The Morgan fingerprint density at radius 1 is 1.50 bits per heavy atom. The van der Waals surface area contributed by atoms with Gasteiger partial charge in [0.25, 0.3) is 0 Å². The molecule has 1 amide bonds. The zero-order valence-corrected chi connectivity index (χ0v) is 15.0. The molecule has 0 radical (unpaired) electrons. The molecule has 2 rings (SSSR count). The van der Waals surface area contributed by atoms with Crippen molar-refractivity contribution in [3.63, 3.8) is 0 Å². The zero-order chi connectivity index (χ0) is 17.5. The lowest BCUT2D eigenvalue weighted by Crippen LogP contribution is -2.19. The number of H-pyrrole nitrogens is 1. The number of nitrogens with one attached hydrogen (secondary N) is 2. The van der Waals surface area contributed by atoms with Crippen molar-refractivity contribution >= 4 is 35.0 Å². The second-order valence-corrected chi connectivity index (χ2v) is 6.35. The number of anilines is 1. The van der Waals surface area contributed by atoms with Crippen molar-refractivity contribution in [1.29, 1.82) is 0 Å². The first-order valence-corrected chi connectivity index (χ1v) is 8.83. The van der Waals surface area contributed by atoms with Gasteiger partial charge in [0.2, 0.25) is 5.91 Å². The third-order valence-corrected chi connectivity index (χ3v) is 4.50. The minimum absolute atomic E-state index is 0.139. The molecule has 2 aromatic rings. The first kappa shape index (κ1) is 18.4. The number of rotatable bonds is 8. The van der Waals surface area contributed by atoms with Gasteiger partial charge >= 0.3 is 5.69 Å². The van der Waals surface area contributed by atoms with Crippen molar-refractivity contribution in [3.05, 3.63) is 33.7 Å². The number of carbonyl (C=O) groups excluding carboxylic acids is 1. The monoisotopic (exact) mass is 370 g/mol. The maximum absolute atomic E-state index is 12.1. The molecule has 130 valence electrons. The Labute approximate surface area is 148 Å². The maximum atomic E-state index is 12.1. The Balaban J connectivity index is 1.94. The Bertz CT molecular complexity index is 759. The number of halogens is 1. The van der Waals surface area contributed by atoms with Gasteiger partial charge in [-0.15, -0.1) is 5.10 Å². The van der Waals surface area contributed by atoms with Crippen molar-refractivity contribution in [2.45, 2.75) is 31.5 Å². The van der Waals surface area contributed by atoms with Gasteiger partial charge in [-0.05, 0) is 24.6 Å². The molecule has 9 heteroatoms. The molecule has 0 aliphatic carbocycles. The molecule has 1 heterocycles. The maximum Gasteiger partial charge on any atom is 0.343 e. The molecule has 0 aliphatic rings. The topological polar surface area (TPSA) is 89.0 Å². The van der Waals surface area contributed by atoms with Crippen molar-refractivity contribution in [2.24, 2.45) is 0 Å². The van der Waals surface area contributed by atoms with E-state index in [1.807, 2.05) is 6.92 Å². The van der Waals surface area contributed by atoms with Crippen molar-refractivity contribution in [1.82, 2.24) is 14.8 Å². The van der Waals surface area contributed by atoms with E-state index in [-0.39, 0.29) is 17.3 Å². The van der Waals surface area contributed by atoms with E-state index in [2.05, 4.69) is 15.5 Å². The number of nitrogens with zero attached hydrogens (tertiary/aromatic N) is 2. The molecule has 0 bridgehead atoms. The van der Waals surface area contributed by atoms with Gasteiger partial charge in [-0.2, -0.15) is 0 Å². The summed E-state index contributed by atoms with van der Waals surface area (Å²) in [6.07, 6.45) is 1.85. The summed E-state index contributed by atoms with van der Waals surface area (Å²) in [7, 11) is 1.53. The van der Waals surface area contributed by atoms with Crippen LogP contribution in [0.4, 0.5) is 5.69 Å². The van der Waals surface area contributed by atoms with E-state index in [4.69, 9.17) is 16.3 Å². The van der Waals surface area contributed by atoms with E-state index < -0.39 is 0 Å². The molecule has 1 aromatic carbocycles. The lowest BCUT2D eigenvalue weighted by molar-refractivity contribution is -0.113. The van der Waals surface area contributed by atoms with Crippen LogP contribution in [0.5, 0.6) is 5.75 Å². The highest BCUT2D eigenvalue weighted by atomic mass is 35.5. The highest BCUT2D eigenvalue weighted by Gasteiger charge is 2.12. The summed E-state index contributed by atoms with van der Waals surface area (Å²) < 4.78 is 6.61. The van der Waals surface area contributed by atoms with E-state index in [1.54, 1.807) is 22.8 Å². The Morgan fingerprint density at radius 2 is 2.29 bits per heavy atom. The summed E-state index contributed by atoms with van der Waals surface area (Å²) in [4.78, 5) is 23.7. The predicted octanol–water partition coefficient (Wildman–Crippen LogP) is 2.76. The van der Waals surface area contributed by atoms with E-state index in [0.29, 0.717) is 28.2 Å². The van der Waals surface area contributed by atoms with Crippen LogP contribution < -0.4 is 15.7 Å². The van der Waals surface area contributed by atoms with Gasteiger partial charge in [-0.3, -0.25) is 9.36 Å². The van der Waals surface area contributed by atoms with Gasteiger partial charge in [-0.1, -0.05) is 36.7 Å². The number of amides is 1. The molecule has 2 N–H and O–H groups in total. The largest absolute Gasteiger partial charge is 0.495 e. The highest BCUT2D eigenvalue weighted by molar-refractivity contribution is 7.99. The second kappa shape index (κ2) is 8.79. The number of methoxy groups -OCH3 is 1. The fourth-order valence-corrected chi connectivity index (χ4v) is 3.03. The van der Waals surface area contributed by atoms with Crippen LogP contribution in [0.15, 0.2) is 28.2 Å². The highest BCUT2D eigenvalue weighted by Crippen LogP contribution is 2.27. The smallest absolute Gasteiger partial charge is 0.343 e. The van der Waals surface area contributed by atoms with Gasteiger partial charge in [-0.25, -0.2) is 9.89 Å². The summed E-state index contributed by atoms with van der Waals surface area (Å²) in [5, 5.41) is 10.0. The third-order valence-electron chi connectivity index (χ3n) is 3.23. The summed E-state index contributed by atoms with van der Waals surface area (Å²) in [5.41, 5.74) is 0.324. The van der Waals surface area contributed by atoms with Crippen LogP contribution >= 0.6 is 23.4 Å². The molecule has 0 saturated carbocycles. The van der Waals surface area contributed by atoms with Crippen LogP contribution in [0.1, 0.15) is 19.8 Å². The summed E-state index contributed by atoms with van der Waals surface area (Å²) in [6.45, 7) is 2.63. The number of hydrogen-bond acceptors (Lipinski definition) is 5. The fraction of sp³-hybridized carbons (Fsp3) is 0.400. The van der Waals surface area contributed by atoms with Crippen LogP contribution in [0.2, 0.25) is 5.02 Å². The SMILES string of the molecule is CCCCn1c(SCC(=O)Nc2ccc(OC)c(Cl)c2)n[nH]c1=O. The Morgan fingerprint density at radius 3 is 2.96 bits per heavy atom. The van der Waals surface area contributed by atoms with Crippen molar-refractivity contribution in [2.75, 3.05) is 18.2 Å². The molecule has 0 atom stereocenters. The fourth-order valence-electron chi connectivity index (χ4n) is 2.00. The number of hydrogen-bond donors (Lipinski definition) is 2. The quantitative estimate of drug-likeness (QED) is 0.697. The lowest BCUT2D eigenvalue weighted by atomic mass is 10.3. The average molecular weight is 371 g/mol. The molecule has 1 aromatic heterocycles. The number of aromatic amines is 1. The van der Waals surface area contributed by atoms with Crippen LogP contribution in [-0.2, 0) is 11.3 Å². The van der Waals surface area contributed by atoms with Gasteiger partial charge < -0.3 is 10.1 Å². The normalized spacial score (nSPS) is 10.6. The zero-order valence-electron chi connectivity index (χ0n) is 13.5. The molecule has 0 fully saturated rings. The standard InChI is InChI=1S/C15H19ClN4O3S/c1-3-4-7-20-14(22)18-19-15(20)24-9-13(21)17-10-5-6-12(23-2)11(16)8-10/h5-6,8H,3-4,7,9H2,1-2H3,(H,17,21)(H,18,22). The number of thioether (sulfide) groups is 1. The van der Waals surface area contributed by atoms with Gasteiger partial charge in [0.05, 0.1) is 17.9 Å². The van der Waals surface area contributed by atoms with Gasteiger partial charge in [0.15, 0.2) is 5.16 Å². The first-order valence-electron chi connectivity index (χ1n) is 7.46. The van der Waals surface area contributed by atoms with E-state index >= 15 is 0 Å². The van der Waals surface area contributed by atoms with Crippen LogP contribution in [0, 0.1) is 0 Å². The molecular weight excluding hydrogens is 352 g/mol. The summed E-state index contributed by atoms with van der Waals surface area (Å²) in [5.74, 6) is 0.472.